The molecule has 0 saturated heterocycles. The summed E-state index contributed by atoms with van der Waals surface area (Å²) in [6.07, 6.45) is 2.15. The number of aliphatic hydroxyl groups is 1. The van der Waals surface area contributed by atoms with Crippen LogP contribution in [0, 0.1) is 11.3 Å². The van der Waals surface area contributed by atoms with Crippen LogP contribution in [-0.4, -0.2) is 25.5 Å². The summed E-state index contributed by atoms with van der Waals surface area (Å²) in [5.41, 5.74) is 4.31. The van der Waals surface area contributed by atoms with Crippen LogP contribution in [0.1, 0.15) is 41.0 Å². The first-order chi connectivity index (χ1) is 14.8. The van der Waals surface area contributed by atoms with E-state index in [1.54, 1.807) is 54.9 Å². The Bertz CT molecular complexity index is 1290. The minimum Gasteiger partial charge on any atom is -0.386 e. The smallest absolute Gasteiger partial charge is 0.168 e. The molecule has 2 aromatic carbocycles. The molecule has 6 heteroatoms. The number of nitriles is 1. The fourth-order valence-electron chi connectivity index (χ4n) is 3.52. The summed E-state index contributed by atoms with van der Waals surface area (Å²) in [7, 11) is 0. The third-order valence-electron chi connectivity index (χ3n) is 5.17. The molecule has 0 fully saturated rings. The average Bonchev–Trinajstić information content (AvgIpc) is 3.22. The van der Waals surface area contributed by atoms with E-state index in [4.69, 9.17) is 5.26 Å². The Hall–Kier alpha value is -3.82. The molecule has 2 heterocycles. The molecule has 0 aliphatic carbocycles. The Labute approximate surface area is 180 Å². The highest BCUT2D eigenvalue weighted by molar-refractivity contribution is 5.97. The van der Waals surface area contributed by atoms with E-state index in [0.29, 0.717) is 23.3 Å². The molecule has 0 unspecified atom stereocenters. The molecule has 0 radical (unpaired) electrons. The van der Waals surface area contributed by atoms with Gasteiger partial charge in [-0.3, -0.25) is 4.79 Å². The van der Waals surface area contributed by atoms with Crippen molar-refractivity contribution in [3.05, 3.63) is 89.2 Å². The van der Waals surface area contributed by atoms with Crippen molar-refractivity contribution in [2.75, 3.05) is 0 Å². The van der Waals surface area contributed by atoms with Gasteiger partial charge in [0.15, 0.2) is 11.4 Å². The number of benzene rings is 2. The molecule has 0 saturated carbocycles. The third kappa shape index (κ3) is 4.37. The molecule has 0 bridgehead atoms. The van der Waals surface area contributed by atoms with Gasteiger partial charge in [-0.25, -0.2) is 9.50 Å². The zero-order chi connectivity index (χ0) is 22.0. The van der Waals surface area contributed by atoms with Gasteiger partial charge in [-0.15, -0.1) is 0 Å². The van der Waals surface area contributed by atoms with Gasteiger partial charge in [0.25, 0.3) is 0 Å². The first-order valence-corrected chi connectivity index (χ1v) is 10.0. The lowest BCUT2D eigenvalue weighted by Crippen LogP contribution is -2.15. The molecule has 2 aromatic heterocycles. The van der Waals surface area contributed by atoms with E-state index in [2.05, 4.69) is 16.2 Å². The number of carbonyl (C=O) groups excluding carboxylic acids is 1. The number of Topliss-reactive ketones (excluding diaryl/α,β-unsaturated/α-hetero) is 1. The Morgan fingerprint density at radius 1 is 1.13 bits per heavy atom. The van der Waals surface area contributed by atoms with Gasteiger partial charge in [0.2, 0.25) is 0 Å². The van der Waals surface area contributed by atoms with Crippen LogP contribution in [0.15, 0.2) is 66.9 Å². The molecule has 4 rings (SSSR count). The summed E-state index contributed by atoms with van der Waals surface area (Å²) in [5.74, 6) is -0.0529. The van der Waals surface area contributed by atoms with Crippen molar-refractivity contribution in [1.82, 2.24) is 14.6 Å². The maximum absolute atomic E-state index is 12.9. The molecule has 6 nitrogen and oxygen atoms in total. The van der Waals surface area contributed by atoms with Gasteiger partial charge in [0.1, 0.15) is 0 Å². The summed E-state index contributed by atoms with van der Waals surface area (Å²) in [6.45, 7) is 3.42. The molecule has 154 valence electrons. The van der Waals surface area contributed by atoms with Gasteiger partial charge in [-0.1, -0.05) is 42.5 Å². The van der Waals surface area contributed by atoms with Gasteiger partial charge in [-0.2, -0.15) is 10.4 Å². The van der Waals surface area contributed by atoms with Crippen LogP contribution < -0.4 is 0 Å². The molecule has 0 aliphatic rings. The number of fused-ring (bicyclic) bond motifs is 1. The van der Waals surface area contributed by atoms with Crippen molar-refractivity contribution in [2.24, 2.45) is 0 Å². The zero-order valence-electron chi connectivity index (χ0n) is 17.4. The molecule has 0 atom stereocenters. The first kappa shape index (κ1) is 20.5. The van der Waals surface area contributed by atoms with E-state index in [9.17, 15) is 9.90 Å². The highest BCUT2D eigenvalue weighted by Crippen LogP contribution is 2.24. The number of nitrogens with zero attached hydrogens (tertiary/aromatic N) is 4. The van der Waals surface area contributed by atoms with E-state index in [1.807, 2.05) is 30.3 Å². The molecule has 0 spiro atoms. The van der Waals surface area contributed by atoms with Crippen molar-refractivity contribution in [1.29, 1.82) is 5.26 Å². The maximum atomic E-state index is 12.9. The lowest BCUT2D eigenvalue weighted by molar-refractivity contribution is 0.0784. The summed E-state index contributed by atoms with van der Waals surface area (Å²) >= 11 is 0. The number of hydrogen-bond donors (Lipinski definition) is 1. The largest absolute Gasteiger partial charge is 0.386 e. The highest BCUT2D eigenvalue weighted by Gasteiger charge is 2.17. The molecule has 31 heavy (non-hydrogen) atoms. The predicted molar refractivity (Wildman–Crippen MR) is 117 cm³/mol. The second kappa shape index (κ2) is 8.13. The van der Waals surface area contributed by atoms with Crippen molar-refractivity contribution >= 4 is 11.4 Å². The summed E-state index contributed by atoms with van der Waals surface area (Å²) < 4.78 is 1.73. The molecule has 1 N–H and O–H groups in total. The summed E-state index contributed by atoms with van der Waals surface area (Å²) in [5, 5.41) is 23.5. The van der Waals surface area contributed by atoms with Gasteiger partial charge >= 0.3 is 0 Å². The van der Waals surface area contributed by atoms with Crippen LogP contribution in [-0.2, 0) is 18.4 Å². The maximum Gasteiger partial charge on any atom is 0.168 e. The minimum atomic E-state index is -0.953. The predicted octanol–water partition coefficient (Wildman–Crippen LogP) is 4.12. The summed E-state index contributed by atoms with van der Waals surface area (Å²) in [4.78, 5) is 17.5. The van der Waals surface area contributed by atoms with E-state index in [-0.39, 0.29) is 12.2 Å². The van der Waals surface area contributed by atoms with E-state index in [1.165, 1.54) is 0 Å². The second-order valence-electron chi connectivity index (χ2n) is 8.01. The number of ketones is 1. The van der Waals surface area contributed by atoms with Crippen molar-refractivity contribution in [2.45, 2.75) is 32.3 Å². The highest BCUT2D eigenvalue weighted by atomic mass is 16.3. The normalized spacial score (nSPS) is 11.4. The zero-order valence-corrected chi connectivity index (χ0v) is 17.4. The van der Waals surface area contributed by atoms with Crippen LogP contribution in [0.2, 0.25) is 0 Å². The van der Waals surface area contributed by atoms with Gasteiger partial charge in [0.05, 0.1) is 42.1 Å². The molecule has 0 amide bonds. The summed E-state index contributed by atoms with van der Waals surface area (Å²) in [6, 6.07) is 20.6. The van der Waals surface area contributed by atoms with Gasteiger partial charge in [-0.05, 0) is 37.1 Å². The SMILES string of the molecule is CC(C)(O)c1ccc(C(=O)Cc2cc(-c3cccc(CC#N)c3)n3nccc3n2)cc1. The van der Waals surface area contributed by atoms with Crippen LogP contribution in [0.5, 0.6) is 0 Å². The third-order valence-corrected chi connectivity index (χ3v) is 5.17. The lowest BCUT2D eigenvalue weighted by Gasteiger charge is -2.17. The molecule has 4 aromatic rings. The molecular formula is C25H22N4O2. The standard InChI is InChI=1S/C25H22N4O2/c1-25(2,31)20-8-6-18(7-9-20)23(30)16-21-15-22(29-24(28-21)11-13-27-29)19-5-3-4-17(14-19)10-12-26/h3-9,11,13-15,31H,10,16H2,1-2H3. The topological polar surface area (TPSA) is 91.3 Å². The Kier molecular flexibility index (Phi) is 5.37. The second-order valence-corrected chi connectivity index (χ2v) is 8.01. The van der Waals surface area contributed by atoms with Crippen LogP contribution in [0.3, 0.4) is 0 Å². The molecular weight excluding hydrogens is 388 g/mol. The van der Waals surface area contributed by atoms with Gasteiger partial charge < -0.3 is 5.11 Å². The van der Waals surface area contributed by atoms with Gasteiger partial charge in [0, 0.05) is 17.2 Å². The van der Waals surface area contributed by atoms with Crippen LogP contribution >= 0.6 is 0 Å². The molecule has 0 aliphatic heterocycles. The fraction of sp³-hybridized carbons (Fsp3) is 0.200. The Morgan fingerprint density at radius 3 is 2.61 bits per heavy atom. The van der Waals surface area contributed by atoms with Crippen molar-refractivity contribution < 1.29 is 9.90 Å². The monoisotopic (exact) mass is 410 g/mol. The van der Waals surface area contributed by atoms with E-state index in [0.717, 1.165) is 22.4 Å². The van der Waals surface area contributed by atoms with Crippen molar-refractivity contribution in [3.63, 3.8) is 0 Å². The Balaban J connectivity index is 1.67. The fourth-order valence-corrected chi connectivity index (χ4v) is 3.52. The number of rotatable bonds is 6. The minimum absolute atomic E-state index is 0.0529. The van der Waals surface area contributed by atoms with E-state index >= 15 is 0 Å². The van der Waals surface area contributed by atoms with Crippen LogP contribution in [0.25, 0.3) is 16.9 Å². The average molecular weight is 410 g/mol. The first-order valence-electron chi connectivity index (χ1n) is 10.0. The quantitative estimate of drug-likeness (QED) is 0.483. The lowest BCUT2D eigenvalue weighted by atomic mass is 9.96. The Morgan fingerprint density at radius 2 is 1.90 bits per heavy atom. The number of hydrogen-bond acceptors (Lipinski definition) is 5. The number of carbonyl (C=O) groups is 1. The van der Waals surface area contributed by atoms with Crippen molar-refractivity contribution in [3.8, 4) is 17.3 Å². The van der Waals surface area contributed by atoms with Crippen LogP contribution in [0.4, 0.5) is 0 Å². The van der Waals surface area contributed by atoms with E-state index < -0.39 is 5.60 Å². The number of aromatic nitrogens is 3.